The summed E-state index contributed by atoms with van der Waals surface area (Å²) >= 11 is 13.9. The largest absolute Gasteiger partial charge is 0.492 e. The number of ether oxygens (including phenoxy) is 3. The Morgan fingerprint density at radius 1 is 1.00 bits per heavy atom. The van der Waals surface area contributed by atoms with Gasteiger partial charge in [0.15, 0.2) is 0 Å². The first kappa shape index (κ1) is 37.5. The Labute approximate surface area is 331 Å². The zero-order valence-electron chi connectivity index (χ0n) is 30.6. The zero-order valence-corrected chi connectivity index (χ0v) is 32.1. The summed E-state index contributed by atoms with van der Waals surface area (Å²) in [5.41, 5.74) is 6.55. The Morgan fingerprint density at radius 3 is 2.64 bits per heavy atom. The third-order valence-electron chi connectivity index (χ3n) is 11.3. The van der Waals surface area contributed by atoms with E-state index in [1.807, 2.05) is 36.4 Å². The molecule has 0 radical (unpaired) electrons. The molecule has 2 aliphatic heterocycles. The highest BCUT2D eigenvalue weighted by molar-refractivity contribution is 6.35. The average molecular weight is 785 g/mol. The predicted octanol–water partition coefficient (Wildman–Crippen LogP) is 8.14. The molecule has 1 saturated carbocycles. The number of nitriles is 1. The molecule has 1 aromatic heterocycles. The second-order valence-electron chi connectivity index (χ2n) is 15.4. The minimum atomic E-state index is -0.604. The average Bonchev–Trinajstić information content (AvgIpc) is 3.78. The van der Waals surface area contributed by atoms with Gasteiger partial charge in [0.1, 0.15) is 42.2 Å². The lowest BCUT2D eigenvalue weighted by Gasteiger charge is -2.57. The molecule has 3 fully saturated rings. The Bertz CT molecular complexity index is 2100. The number of rotatable bonds is 15. The number of carbonyl (C=O) groups is 1. The summed E-state index contributed by atoms with van der Waals surface area (Å²) < 4.78 is 32.5. The molecular weight excluding hydrogens is 740 g/mol. The lowest BCUT2D eigenvalue weighted by Crippen LogP contribution is -2.62. The van der Waals surface area contributed by atoms with Crippen molar-refractivity contribution in [1.29, 1.82) is 5.26 Å². The third-order valence-corrected chi connectivity index (χ3v) is 12.0. The minimum Gasteiger partial charge on any atom is -0.492 e. The van der Waals surface area contributed by atoms with Crippen LogP contribution < -0.4 is 24.8 Å². The number of halogens is 3. The molecule has 3 heterocycles. The molecule has 12 heteroatoms. The second kappa shape index (κ2) is 16.4. The molecule has 3 aromatic carbocycles. The molecule has 55 heavy (non-hydrogen) atoms. The van der Waals surface area contributed by atoms with Crippen LogP contribution in [0.15, 0.2) is 67.0 Å². The van der Waals surface area contributed by atoms with Crippen LogP contribution in [0.1, 0.15) is 72.4 Å². The van der Waals surface area contributed by atoms with Crippen LogP contribution in [-0.4, -0.2) is 60.8 Å². The molecule has 9 nitrogen and oxygen atoms in total. The van der Waals surface area contributed by atoms with E-state index in [0.717, 1.165) is 86.0 Å². The van der Waals surface area contributed by atoms with Crippen LogP contribution in [0.25, 0.3) is 11.1 Å². The monoisotopic (exact) mass is 783 g/mol. The third kappa shape index (κ3) is 8.41. The van der Waals surface area contributed by atoms with Crippen LogP contribution in [0.3, 0.4) is 0 Å². The number of amides is 1. The van der Waals surface area contributed by atoms with Gasteiger partial charge >= 0.3 is 0 Å². The van der Waals surface area contributed by atoms with Crippen molar-refractivity contribution in [2.24, 2.45) is 5.41 Å². The smallest absolute Gasteiger partial charge is 0.220 e. The summed E-state index contributed by atoms with van der Waals surface area (Å²) in [6.45, 7) is 4.79. The second-order valence-corrected chi connectivity index (χ2v) is 16.1. The van der Waals surface area contributed by atoms with Crippen LogP contribution in [0.5, 0.6) is 17.2 Å². The van der Waals surface area contributed by atoms with Crippen molar-refractivity contribution in [1.82, 2.24) is 20.5 Å². The Hall–Kier alpha value is -4.40. The van der Waals surface area contributed by atoms with Gasteiger partial charge in [-0.1, -0.05) is 53.5 Å². The fourth-order valence-electron chi connectivity index (χ4n) is 8.58. The fourth-order valence-corrected chi connectivity index (χ4v) is 9.10. The summed E-state index contributed by atoms with van der Waals surface area (Å²) in [5, 5.41) is 16.8. The lowest BCUT2D eigenvalue weighted by molar-refractivity contribution is -0.119. The van der Waals surface area contributed by atoms with E-state index >= 15 is 0 Å². The Morgan fingerprint density at radius 2 is 1.84 bits per heavy atom. The molecule has 2 N–H and O–H groups in total. The van der Waals surface area contributed by atoms with Gasteiger partial charge < -0.3 is 29.7 Å². The number of pyridine rings is 1. The lowest BCUT2D eigenvalue weighted by atomic mass is 9.62. The van der Waals surface area contributed by atoms with Crippen LogP contribution >= 0.6 is 23.2 Å². The van der Waals surface area contributed by atoms with Gasteiger partial charge in [-0.3, -0.25) is 9.78 Å². The number of likely N-dealkylation sites (tertiary alicyclic amines) is 1. The topological polar surface area (TPSA) is 109 Å². The first-order valence-electron chi connectivity index (χ1n) is 19.1. The van der Waals surface area contributed by atoms with Gasteiger partial charge in [-0.25, -0.2) is 4.39 Å². The van der Waals surface area contributed by atoms with Crippen molar-refractivity contribution in [3.63, 3.8) is 0 Å². The maximum atomic E-state index is 13.3. The normalized spacial score (nSPS) is 20.0. The van der Waals surface area contributed by atoms with Gasteiger partial charge in [0, 0.05) is 85.8 Å². The molecule has 4 aliphatic rings. The number of benzene rings is 3. The van der Waals surface area contributed by atoms with Gasteiger partial charge in [-0.05, 0) is 73.4 Å². The van der Waals surface area contributed by atoms with Crippen LogP contribution in [0.4, 0.5) is 4.39 Å². The summed E-state index contributed by atoms with van der Waals surface area (Å²) in [6.07, 6.45) is 7.59. The van der Waals surface area contributed by atoms with Crippen molar-refractivity contribution in [3.8, 4) is 34.4 Å². The highest BCUT2D eigenvalue weighted by atomic mass is 35.5. The SMILES string of the molecule is N#Cc1cncc(COc2cc(O[C@H]3CCc4c(-c5cccc(OCCCN6CC7(CC(F)C7)C6)c5Cl)cccc43)c(Cl)cc2CNC[C@@H]2CCC(=O)N2)c1. The van der Waals surface area contributed by atoms with Crippen LogP contribution in [0, 0.1) is 16.7 Å². The number of carbonyl (C=O) groups excluding carboxylic acids is 1. The number of fused-ring (bicyclic) bond motifs is 1. The Balaban J connectivity index is 0.948. The minimum absolute atomic E-state index is 0.0749. The van der Waals surface area contributed by atoms with E-state index in [-0.39, 0.29) is 30.1 Å². The van der Waals surface area contributed by atoms with E-state index in [1.165, 1.54) is 11.8 Å². The number of hydrogen-bond donors (Lipinski definition) is 2. The van der Waals surface area contributed by atoms with E-state index in [9.17, 15) is 14.4 Å². The molecule has 1 amide bonds. The van der Waals surface area contributed by atoms with E-state index in [2.05, 4.69) is 38.7 Å². The van der Waals surface area contributed by atoms with E-state index in [1.54, 1.807) is 12.3 Å². The van der Waals surface area contributed by atoms with Gasteiger partial charge in [0.25, 0.3) is 0 Å². The van der Waals surface area contributed by atoms with Gasteiger partial charge in [0.05, 0.1) is 22.2 Å². The number of nitrogens with zero attached hydrogens (tertiary/aromatic N) is 3. The number of aromatic nitrogens is 1. The van der Waals surface area contributed by atoms with Crippen molar-refractivity contribution in [2.75, 3.05) is 32.8 Å². The molecule has 2 atom stereocenters. The molecule has 4 aromatic rings. The maximum absolute atomic E-state index is 13.3. The van der Waals surface area contributed by atoms with Crippen molar-refractivity contribution in [2.45, 2.75) is 76.4 Å². The molecule has 2 saturated heterocycles. The van der Waals surface area contributed by atoms with E-state index in [4.69, 9.17) is 37.4 Å². The Kier molecular flexibility index (Phi) is 11.2. The quantitative estimate of drug-likeness (QED) is 0.116. The molecule has 0 unspecified atom stereocenters. The molecule has 1 spiro atoms. The van der Waals surface area contributed by atoms with Crippen LogP contribution in [-0.2, 0) is 24.4 Å². The first-order chi connectivity index (χ1) is 26.8. The molecule has 286 valence electrons. The maximum Gasteiger partial charge on any atom is 0.220 e. The van der Waals surface area contributed by atoms with Crippen molar-refractivity contribution < 1.29 is 23.4 Å². The number of nitrogens with one attached hydrogen (secondary N) is 2. The van der Waals surface area contributed by atoms with E-state index in [0.29, 0.717) is 59.0 Å². The fraction of sp³-hybridized carbons (Fsp3) is 0.419. The van der Waals surface area contributed by atoms with Gasteiger partial charge in [0.2, 0.25) is 5.91 Å². The van der Waals surface area contributed by atoms with E-state index < -0.39 is 6.17 Å². The zero-order chi connectivity index (χ0) is 37.9. The summed E-state index contributed by atoms with van der Waals surface area (Å²) in [7, 11) is 0. The van der Waals surface area contributed by atoms with Gasteiger partial charge in [-0.2, -0.15) is 5.26 Å². The summed E-state index contributed by atoms with van der Waals surface area (Å²) in [6, 6.07) is 19.8. The molecule has 2 aliphatic carbocycles. The molecule has 8 rings (SSSR count). The number of alkyl halides is 1. The van der Waals surface area contributed by atoms with Crippen LogP contribution in [0.2, 0.25) is 10.0 Å². The first-order valence-corrected chi connectivity index (χ1v) is 19.9. The molecular formula is C43H44Cl2FN5O4. The van der Waals surface area contributed by atoms with Crippen molar-refractivity contribution in [3.05, 3.63) is 105 Å². The highest BCUT2D eigenvalue weighted by Crippen LogP contribution is 2.50. The summed E-state index contributed by atoms with van der Waals surface area (Å²) in [5.74, 6) is 1.85. The van der Waals surface area contributed by atoms with Gasteiger partial charge in [-0.15, -0.1) is 0 Å². The van der Waals surface area contributed by atoms with Crippen molar-refractivity contribution >= 4 is 29.1 Å². The summed E-state index contributed by atoms with van der Waals surface area (Å²) in [4.78, 5) is 18.2. The highest BCUT2D eigenvalue weighted by Gasteiger charge is 2.52. The standard InChI is InChI=1S/C43H44Cl2FN5O4/c44-36-15-29(22-49-23-31-8-11-41(52)50-31)39(54-24-28-14-27(19-47)20-48-21-28)16-40(36)55-37-10-9-33-32(4-1-5-34(33)37)35-6-2-7-38(42(35)45)53-13-3-12-51-25-43(26-51)17-30(46)18-43/h1-2,4-7,14-16,20-21,30-31,37,49H,3,8-13,17-18,22-26H2,(H,50,52)/t31-,37-/m0/s1. The predicted molar refractivity (Wildman–Crippen MR) is 209 cm³/mol. The molecule has 0 bridgehead atoms. The number of hydrogen-bond acceptors (Lipinski definition) is 8.